The predicted molar refractivity (Wildman–Crippen MR) is 72.9 cm³/mol. The van der Waals surface area contributed by atoms with Crippen molar-refractivity contribution in [2.45, 2.75) is 52.2 Å². The van der Waals surface area contributed by atoms with E-state index in [-0.39, 0.29) is 6.10 Å². The van der Waals surface area contributed by atoms with Gasteiger partial charge in [-0.1, -0.05) is 6.92 Å². The molecule has 0 saturated heterocycles. The van der Waals surface area contributed by atoms with Crippen molar-refractivity contribution in [3.05, 3.63) is 11.4 Å². The standard InChI is InChI=1S/C13H22N4O/c1-4-5-14-12-8(2)13(16-9(3)15-12)17-10-6-11(18)7-10/h10-11,18H,4-7H2,1-3H3,(H2,14,15,16,17). The van der Waals surface area contributed by atoms with Crippen LogP contribution in [0.4, 0.5) is 11.6 Å². The number of aryl methyl sites for hydroxylation is 1. The molecule has 1 fully saturated rings. The van der Waals surface area contributed by atoms with Crippen molar-refractivity contribution in [1.82, 2.24) is 9.97 Å². The maximum Gasteiger partial charge on any atom is 0.134 e. The zero-order valence-electron chi connectivity index (χ0n) is 11.3. The highest BCUT2D eigenvalue weighted by Gasteiger charge is 2.27. The Morgan fingerprint density at radius 2 is 1.89 bits per heavy atom. The van der Waals surface area contributed by atoms with Crippen LogP contribution in [-0.4, -0.2) is 33.8 Å². The number of aliphatic hydroxyl groups is 1. The molecule has 0 amide bonds. The van der Waals surface area contributed by atoms with E-state index in [4.69, 9.17) is 0 Å². The van der Waals surface area contributed by atoms with Gasteiger partial charge in [0.05, 0.1) is 6.10 Å². The first-order chi connectivity index (χ1) is 8.60. The Morgan fingerprint density at radius 1 is 1.22 bits per heavy atom. The Hall–Kier alpha value is -1.36. The average Bonchev–Trinajstić information content (AvgIpc) is 2.29. The van der Waals surface area contributed by atoms with Crippen molar-refractivity contribution >= 4 is 11.6 Å². The minimum Gasteiger partial charge on any atom is -0.393 e. The number of aromatic nitrogens is 2. The minimum atomic E-state index is -0.150. The van der Waals surface area contributed by atoms with E-state index < -0.39 is 0 Å². The number of anilines is 2. The van der Waals surface area contributed by atoms with Gasteiger partial charge in [-0.3, -0.25) is 0 Å². The van der Waals surface area contributed by atoms with Gasteiger partial charge in [-0.15, -0.1) is 0 Å². The monoisotopic (exact) mass is 250 g/mol. The first kappa shape index (κ1) is 13.1. The highest BCUT2D eigenvalue weighted by Crippen LogP contribution is 2.26. The fourth-order valence-corrected chi connectivity index (χ4v) is 2.08. The van der Waals surface area contributed by atoms with Crippen molar-refractivity contribution in [2.75, 3.05) is 17.2 Å². The second-order valence-electron chi connectivity index (χ2n) is 4.99. The molecule has 1 saturated carbocycles. The molecule has 1 aliphatic carbocycles. The molecule has 18 heavy (non-hydrogen) atoms. The number of nitrogens with one attached hydrogen (secondary N) is 2. The number of rotatable bonds is 5. The van der Waals surface area contributed by atoms with Gasteiger partial charge >= 0.3 is 0 Å². The molecule has 1 heterocycles. The van der Waals surface area contributed by atoms with E-state index in [1.807, 2.05) is 13.8 Å². The predicted octanol–water partition coefficient (Wildman–Crippen LogP) is 1.85. The third-order valence-corrected chi connectivity index (χ3v) is 3.25. The van der Waals surface area contributed by atoms with E-state index in [2.05, 4.69) is 27.5 Å². The van der Waals surface area contributed by atoms with Gasteiger partial charge in [-0.2, -0.15) is 0 Å². The van der Waals surface area contributed by atoms with Gasteiger partial charge in [0.2, 0.25) is 0 Å². The topological polar surface area (TPSA) is 70.1 Å². The van der Waals surface area contributed by atoms with Crippen molar-refractivity contribution in [3.63, 3.8) is 0 Å². The fourth-order valence-electron chi connectivity index (χ4n) is 2.08. The Kier molecular flexibility index (Phi) is 4.01. The van der Waals surface area contributed by atoms with Gasteiger partial charge < -0.3 is 15.7 Å². The molecule has 0 atom stereocenters. The third-order valence-electron chi connectivity index (χ3n) is 3.25. The molecular formula is C13H22N4O. The van der Waals surface area contributed by atoms with Gasteiger partial charge in [0.15, 0.2) is 0 Å². The SMILES string of the molecule is CCCNc1nc(C)nc(NC2CC(O)C2)c1C. The summed E-state index contributed by atoms with van der Waals surface area (Å²) in [5.74, 6) is 2.56. The maximum atomic E-state index is 9.31. The van der Waals surface area contributed by atoms with Crippen LogP contribution in [0.15, 0.2) is 0 Å². The second kappa shape index (κ2) is 5.52. The summed E-state index contributed by atoms with van der Waals surface area (Å²) < 4.78 is 0. The molecule has 1 aromatic rings. The van der Waals surface area contributed by atoms with Crippen LogP contribution >= 0.6 is 0 Å². The molecule has 100 valence electrons. The summed E-state index contributed by atoms with van der Waals surface area (Å²) >= 11 is 0. The zero-order valence-corrected chi connectivity index (χ0v) is 11.3. The number of nitrogens with zero attached hydrogens (tertiary/aromatic N) is 2. The summed E-state index contributed by atoms with van der Waals surface area (Å²) in [5.41, 5.74) is 1.05. The number of aliphatic hydroxyl groups excluding tert-OH is 1. The third kappa shape index (κ3) is 2.90. The Labute approximate surface area is 108 Å². The van der Waals surface area contributed by atoms with Crippen molar-refractivity contribution in [1.29, 1.82) is 0 Å². The zero-order chi connectivity index (χ0) is 13.1. The summed E-state index contributed by atoms with van der Waals surface area (Å²) in [6, 6.07) is 0.340. The van der Waals surface area contributed by atoms with Crippen molar-refractivity contribution < 1.29 is 5.11 Å². The maximum absolute atomic E-state index is 9.31. The Bertz CT molecular complexity index is 416. The Morgan fingerprint density at radius 3 is 2.50 bits per heavy atom. The first-order valence-corrected chi connectivity index (χ1v) is 6.63. The molecule has 0 unspecified atom stereocenters. The van der Waals surface area contributed by atoms with Crippen LogP contribution in [0.1, 0.15) is 37.6 Å². The van der Waals surface area contributed by atoms with Crippen LogP contribution in [0.25, 0.3) is 0 Å². The van der Waals surface area contributed by atoms with E-state index in [1.54, 1.807) is 0 Å². The average molecular weight is 250 g/mol. The molecule has 5 heteroatoms. The molecule has 0 aliphatic heterocycles. The summed E-state index contributed by atoms with van der Waals surface area (Å²) in [6.45, 7) is 6.97. The van der Waals surface area contributed by atoms with Crippen LogP contribution in [0.5, 0.6) is 0 Å². The van der Waals surface area contributed by atoms with E-state index in [1.165, 1.54) is 0 Å². The molecule has 0 radical (unpaired) electrons. The highest BCUT2D eigenvalue weighted by molar-refractivity contribution is 5.57. The molecule has 0 bridgehead atoms. The number of hydrogen-bond acceptors (Lipinski definition) is 5. The lowest BCUT2D eigenvalue weighted by atomic mass is 9.89. The van der Waals surface area contributed by atoms with Gasteiger partial charge in [0.25, 0.3) is 0 Å². The van der Waals surface area contributed by atoms with E-state index in [0.717, 1.165) is 48.8 Å². The summed E-state index contributed by atoms with van der Waals surface area (Å²) in [6.07, 6.45) is 2.53. The van der Waals surface area contributed by atoms with E-state index in [9.17, 15) is 5.11 Å². The summed E-state index contributed by atoms with van der Waals surface area (Å²) in [7, 11) is 0. The van der Waals surface area contributed by atoms with Gasteiger partial charge in [0.1, 0.15) is 17.5 Å². The largest absolute Gasteiger partial charge is 0.393 e. The molecule has 2 rings (SSSR count). The highest BCUT2D eigenvalue weighted by atomic mass is 16.3. The van der Waals surface area contributed by atoms with E-state index in [0.29, 0.717) is 6.04 Å². The lowest BCUT2D eigenvalue weighted by molar-refractivity contribution is 0.0835. The first-order valence-electron chi connectivity index (χ1n) is 6.63. The molecule has 0 spiro atoms. The summed E-state index contributed by atoms with van der Waals surface area (Å²) in [5, 5.41) is 16.0. The van der Waals surface area contributed by atoms with Crippen LogP contribution < -0.4 is 10.6 Å². The van der Waals surface area contributed by atoms with Crippen molar-refractivity contribution in [3.8, 4) is 0 Å². The van der Waals surface area contributed by atoms with Crippen LogP contribution in [0.3, 0.4) is 0 Å². The second-order valence-corrected chi connectivity index (χ2v) is 4.99. The van der Waals surface area contributed by atoms with Crippen molar-refractivity contribution in [2.24, 2.45) is 0 Å². The fraction of sp³-hybridized carbons (Fsp3) is 0.692. The Balaban J connectivity index is 2.10. The minimum absolute atomic E-state index is 0.150. The van der Waals surface area contributed by atoms with Crippen LogP contribution in [-0.2, 0) is 0 Å². The molecule has 1 aromatic heterocycles. The molecule has 0 aromatic carbocycles. The number of hydrogen-bond donors (Lipinski definition) is 3. The summed E-state index contributed by atoms with van der Waals surface area (Å²) in [4.78, 5) is 8.87. The lowest BCUT2D eigenvalue weighted by Crippen LogP contribution is -2.39. The van der Waals surface area contributed by atoms with E-state index >= 15 is 0 Å². The van der Waals surface area contributed by atoms with Crippen LogP contribution in [0, 0.1) is 13.8 Å². The van der Waals surface area contributed by atoms with Crippen LogP contribution in [0.2, 0.25) is 0 Å². The molecule has 5 nitrogen and oxygen atoms in total. The molecule has 1 aliphatic rings. The van der Waals surface area contributed by atoms with Gasteiger partial charge in [0, 0.05) is 18.2 Å². The quantitative estimate of drug-likeness (QED) is 0.744. The smallest absolute Gasteiger partial charge is 0.134 e. The normalized spacial score (nSPS) is 22.4. The molecular weight excluding hydrogens is 228 g/mol. The lowest BCUT2D eigenvalue weighted by Gasteiger charge is -2.33. The van der Waals surface area contributed by atoms with Gasteiger partial charge in [-0.25, -0.2) is 9.97 Å². The molecule has 3 N–H and O–H groups in total. The van der Waals surface area contributed by atoms with Gasteiger partial charge in [-0.05, 0) is 33.1 Å².